The molecule has 0 spiro atoms. The molecule has 1 aliphatic rings. The topological polar surface area (TPSA) is 74.7 Å². The minimum atomic E-state index is -0.811. The maximum atomic E-state index is 10.8. The van der Waals surface area contributed by atoms with Crippen molar-refractivity contribution in [1.82, 2.24) is 9.88 Å². The molecule has 2 rings (SSSR count). The summed E-state index contributed by atoms with van der Waals surface area (Å²) in [5.74, 6) is -0.811. The lowest BCUT2D eigenvalue weighted by Gasteiger charge is -2.31. The molecule has 0 saturated carbocycles. The number of nitrogens with one attached hydrogen (secondary N) is 1. The molecule has 6 heteroatoms. The number of aromatic nitrogens is 1. The molecule has 19 heavy (non-hydrogen) atoms. The highest BCUT2D eigenvalue weighted by atomic mass is 16.5. The summed E-state index contributed by atoms with van der Waals surface area (Å²) >= 11 is 0. The lowest BCUT2D eigenvalue weighted by molar-refractivity contribution is -0.140. The van der Waals surface area contributed by atoms with Crippen molar-refractivity contribution >= 4 is 11.7 Å². The number of hydrogen-bond donors (Lipinski definition) is 2. The molecule has 0 bridgehead atoms. The van der Waals surface area contributed by atoms with Crippen LogP contribution in [0.15, 0.2) is 12.1 Å². The normalized spacial score (nSPS) is 20.2. The number of nitrogens with zero attached hydrogens (tertiary/aromatic N) is 2. The van der Waals surface area contributed by atoms with Crippen molar-refractivity contribution in [3.63, 3.8) is 0 Å². The second-order valence-electron chi connectivity index (χ2n) is 4.66. The fourth-order valence-electron chi connectivity index (χ4n) is 2.22. The minimum absolute atomic E-state index is 0.0462. The van der Waals surface area contributed by atoms with Gasteiger partial charge in [0.05, 0.1) is 18.8 Å². The summed E-state index contributed by atoms with van der Waals surface area (Å²) in [7, 11) is 1.86. The number of aryl methyl sites for hydroxylation is 1. The van der Waals surface area contributed by atoms with Crippen molar-refractivity contribution in [2.45, 2.75) is 13.0 Å². The molecule has 104 valence electrons. The van der Waals surface area contributed by atoms with E-state index < -0.39 is 5.97 Å². The zero-order chi connectivity index (χ0) is 13.8. The summed E-state index contributed by atoms with van der Waals surface area (Å²) in [6.07, 6.45) is -0.167. The smallest absolute Gasteiger partial charge is 0.317 e. The third-order valence-electron chi connectivity index (χ3n) is 3.10. The van der Waals surface area contributed by atoms with E-state index >= 15 is 0 Å². The van der Waals surface area contributed by atoms with Gasteiger partial charge < -0.3 is 15.2 Å². The van der Waals surface area contributed by atoms with Crippen molar-refractivity contribution < 1.29 is 14.6 Å². The number of anilines is 1. The summed E-state index contributed by atoms with van der Waals surface area (Å²) in [6, 6.07) is 3.91. The molecule has 0 aliphatic carbocycles. The van der Waals surface area contributed by atoms with Gasteiger partial charge in [0, 0.05) is 31.5 Å². The van der Waals surface area contributed by atoms with Gasteiger partial charge in [0.15, 0.2) is 0 Å². The highest BCUT2D eigenvalue weighted by Gasteiger charge is 2.24. The van der Waals surface area contributed by atoms with E-state index in [2.05, 4.69) is 10.3 Å². The summed E-state index contributed by atoms with van der Waals surface area (Å²) in [5.41, 5.74) is 2.75. The van der Waals surface area contributed by atoms with Crippen LogP contribution in [0.2, 0.25) is 0 Å². The van der Waals surface area contributed by atoms with Crippen LogP contribution in [-0.4, -0.2) is 54.2 Å². The summed E-state index contributed by atoms with van der Waals surface area (Å²) in [4.78, 5) is 17.1. The highest BCUT2D eigenvalue weighted by molar-refractivity contribution is 5.69. The SMILES string of the molecule is CNc1cc(C)nc(C2CN(CC(=O)O)CCO2)c1. The van der Waals surface area contributed by atoms with Crippen LogP contribution < -0.4 is 5.32 Å². The van der Waals surface area contributed by atoms with Crippen LogP contribution in [0, 0.1) is 6.92 Å². The third kappa shape index (κ3) is 3.65. The van der Waals surface area contributed by atoms with Gasteiger partial charge in [-0.05, 0) is 19.1 Å². The molecule has 1 saturated heterocycles. The van der Waals surface area contributed by atoms with E-state index in [1.165, 1.54) is 0 Å². The minimum Gasteiger partial charge on any atom is -0.480 e. The van der Waals surface area contributed by atoms with Crippen LogP contribution >= 0.6 is 0 Å². The van der Waals surface area contributed by atoms with Crippen molar-refractivity contribution in [3.05, 3.63) is 23.5 Å². The first-order valence-electron chi connectivity index (χ1n) is 6.30. The molecule has 6 nitrogen and oxygen atoms in total. The van der Waals surface area contributed by atoms with Crippen LogP contribution in [0.3, 0.4) is 0 Å². The molecule has 0 amide bonds. The Hall–Kier alpha value is -1.66. The van der Waals surface area contributed by atoms with Gasteiger partial charge in [0.25, 0.3) is 0 Å². The van der Waals surface area contributed by atoms with Crippen molar-refractivity contribution in [1.29, 1.82) is 0 Å². The second kappa shape index (κ2) is 5.99. The number of carboxylic acid groups (broad SMARTS) is 1. The van der Waals surface area contributed by atoms with Crippen LogP contribution in [0.4, 0.5) is 5.69 Å². The van der Waals surface area contributed by atoms with Gasteiger partial charge in [-0.1, -0.05) is 0 Å². The standard InChI is InChI=1S/C13H19N3O3/c1-9-5-10(14-2)6-11(15-9)12-7-16(3-4-19-12)8-13(17)18/h5-6,12H,3-4,7-8H2,1-2H3,(H,14,15)(H,17,18). The lowest BCUT2D eigenvalue weighted by atomic mass is 10.1. The second-order valence-corrected chi connectivity index (χ2v) is 4.66. The fraction of sp³-hybridized carbons (Fsp3) is 0.538. The Balaban J connectivity index is 2.12. The number of pyridine rings is 1. The van der Waals surface area contributed by atoms with Gasteiger partial charge in [0.1, 0.15) is 6.10 Å². The predicted octanol–water partition coefficient (Wildman–Crippen LogP) is 0.890. The van der Waals surface area contributed by atoms with E-state index in [4.69, 9.17) is 9.84 Å². The number of carboxylic acids is 1. The quantitative estimate of drug-likeness (QED) is 0.842. The Morgan fingerprint density at radius 1 is 1.63 bits per heavy atom. The van der Waals surface area contributed by atoms with Gasteiger partial charge in [-0.25, -0.2) is 0 Å². The van der Waals surface area contributed by atoms with Crippen LogP contribution in [0.5, 0.6) is 0 Å². The summed E-state index contributed by atoms with van der Waals surface area (Å²) in [6.45, 7) is 3.72. The van der Waals surface area contributed by atoms with Crippen molar-refractivity contribution in [2.75, 3.05) is 38.6 Å². The molecule has 0 aromatic carbocycles. The first-order valence-corrected chi connectivity index (χ1v) is 6.30. The number of carbonyl (C=O) groups is 1. The Bertz CT molecular complexity index is 464. The molecular formula is C13H19N3O3. The Kier molecular flexibility index (Phi) is 4.34. The van der Waals surface area contributed by atoms with Gasteiger partial charge in [-0.15, -0.1) is 0 Å². The number of rotatable bonds is 4. The summed E-state index contributed by atoms with van der Waals surface area (Å²) in [5, 5.41) is 11.9. The Labute approximate surface area is 112 Å². The van der Waals surface area contributed by atoms with Gasteiger partial charge in [-0.3, -0.25) is 14.7 Å². The molecule has 0 radical (unpaired) electrons. The van der Waals surface area contributed by atoms with Crippen LogP contribution in [-0.2, 0) is 9.53 Å². The zero-order valence-corrected chi connectivity index (χ0v) is 11.2. The Morgan fingerprint density at radius 3 is 3.11 bits per heavy atom. The first-order chi connectivity index (χ1) is 9.08. The third-order valence-corrected chi connectivity index (χ3v) is 3.10. The first kappa shape index (κ1) is 13.8. The molecule has 2 heterocycles. The monoisotopic (exact) mass is 265 g/mol. The highest BCUT2D eigenvalue weighted by Crippen LogP contribution is 2.23. The zero-order valence-electron chi connectivity index (χ0n) is 11.2. The Morgan fingerprint density at radius 2 is 2.42 bits per heavy atom. The van der Waals surface area contributed by atoms with Gasteiger partial charge in [0.2, 0.25) is 0 Å². The molecule has 1 aromatic heterocycles. The number of aliphatic carboxylic acids is 1. The average Bonchev–Trinajstić information content (AvgIpc) is 2.37. The molecule has 1 aromatic rings. The molecule has 1 atom stereocenters. The molecule has 1 unspecified atom stereocenters. The number of morpholine rings is 1. The van der Waals surface area contributed by atoms with E-state index in [-0.39, 0.29) is 12.6 Å². The fourth-order valence-corrected chi connectivity index (χ4v) is 2.22. The predicted molar refractivity (Wildman–Crippen MR) is 71.3 cm³/mol. The van der Waals surface area contributed by atoms with Crippen LogP contribution in [0.1, 0.15) is 17.5 Å². The van der Waals surface area contributed by atoms with Gasteiger partial charge >= 0.3 is 5.97 Å². The summed E-state index contributed by atoms with van der Waals surface area (Å²) < 4.78 is 5.71. The molecular weight excluding hydrogens is 246 g/mol. The van der Waals surface area contributed by atoms with E-state index in [1.807, 2.05) is 31.0 Å². The van der Waals surface area contributed by atoms with Crippen molar-refractivity contribution in [2.24, 2.45) is 0 Å². The average molecular weight is 265 g/mol. The maximum absolute atomic E-state index is 10.8. The number of ether oxygens (including phenoxy) is 1. The van der Waals surface area contributed by atoms with E-state index in [1.54, 1.807) is 0 Å². The van der Waals surface area contributed by atoms with E-state index in [0.29, 0.717) is 19.7 Å². The maximum Gasteiger partial charge on any atom is 0.317 e. The molecule has 1 fully saturated rings. The van der Waals surface area contributed by atoms with E-state index in [0.717, 1.165) is 17.1 Å². The largest absolute Gasteiger partial charge is 0.480 e. The van der Waals surface area contributed by atoms with E-state index in [9.17, 15) is 4.79 Å². The van der Waals surface area contributed by atoms with Gasteiger partial charge in [-0.2, -0.15) is 0 Å². The van der Waals surface area contributed by atoms with Crippen LogP contribution in [0.25, 0.3) is 0 Å². The number of hydrogen-bond acceptors (Lipinski definition) is 5. The molecule has 1 aliphatic heterocycles. The lowest BCUT2D eigenvalue weighted by Crippen LogP contribution is -2.41. The van der Waals surface area contributed by atoms with Crippen molar-refractivity contribution in [3.8, 4) is 0 Å². The molecule has 2 N–H and O–H groups in total.